The molecule has 2 saturated carbocycles. The molecule has 0 heterocycles. The van der Waals surface area contributed by atoms with E-state index in [0.29, 0.717) is 24.8 Å². The van der Waals surface area contributed by atoms with Gasteiger partial charge < -0.3 is 20.1 Å². The van der Waals surface area contributed by atoms with E-state index in [9.17, 15) is 14.3 Å². The van der Waals surface area contributed by atoms with Gasteiger partial charge in [0.05, 0.1) is 18.0 Å². The van der Waals surface area contributed by atoms with Gasteiger partial charge in [0.2, 0.25) is 0 Å². The topological polar surface area (TPSA) is 64.6 Å². The van der Waals surface area contributed by atoms with Crippen molar-refractivity contribution in [3.05, 3.63) is 47.5 Å². The Bertz CT molecular complexity index is 796. The molecule has 33 heavy (non-hydrogen) atoms. The summed E-state index contributed by atoms with van der Waals surface area (Å²) in [5.41, 5.74) is 1.15. The highest BCUT2D eigenvalue weighted by molar-refractivity contribution is 7.97. The van der Waals surface area contributed by atoms with Crippen LogP contribution in [-0.4, -0.2) is 47.8 Å². The maximum atomic E-state index is 14.4. The van der Waals surface area contributed by atoms with E-state index in [2.05, 4.69) is 22.7 Å². The molecule has 2 unspecified atom stereocenters. The van der Waals surface area contributed by atoms with Gasteiger partial charge >= 0.3 is 0 Å². The van der Waals surface area contributed by atoms with E-state index < -0.39 is 5.60 Å². The normalized spacial score (nSPS) is 18.4. The van der Waals surface area contributed by atoms with E-state index in [-0.39, 0.29) is 11.9 Å². The first-order chi connectivity index (χ1) is 15.8. The van der Waals surface area contributed by atoms with Crippen LogP contribution in [0, 0.1) is 17.7 Å². The molecule has 2 atom stereocenters. The molecule has 0 amide bonds. The van der Waals surface area contributed by atoms with Gasteiger partial charge in [-0.05, 0) is 80.5 Å². The average Bonchev–Trinajstić information content (AvgIpc) is 3.66. The Balaban J connectivity index is 1.45. The van der Waals surface area contributed by atoms with Crippen molar-refractivity contribution in [3.8, 4) is 0 Å². The van der Waals surface area contributed by atoms with Gasteiger partial charge in [-0.2, -0.15) is 0 Å². The first kappa shape index (κ1) is 26.0. The molecule has 3 N–H and O–H groups in total. The summed E-state index contributed by atoms with van der Waals surface area (Å²) in [4.78, 5) is 12.8. The Labute approximate surface area is 202 Å². The number of aldehydes is 1. The Morgan fingerprint density at radius 1 is 1.30 bits per heavy atom. The van der Waals surface area contributed by atoms with Crippen LogP contribution in [0.3, 0.4) is 0 Å². The van der Waals surface area contributed by atoms with E-state index in [0.717, 1.165) is 67.6 Å². The molecule has 1 aromatic rings. The number of benzene rings is 1. The minimum Gasteiger partial charge on any atom is -0.390 e. The number of rotatable bonds is 17. The zero-order valence-electron chi connectivity index (χ0n) is 20.1. The van der Waals surface area contributed by atoms with Gasteiger partial charge in [-0.15, -0.1) is 0 Å². The van der Waals surface area contributed by atoms with Gasteiger partial charge in [0.25, 0.3) is 0 Å². The van der Waals surface area contributed by atoms with E-state index in [1.54, 1.807) is 24.1 Å². The molecule has 0 spiro atoms. The summed E-state index contributed by atoms with van der Waals surface area (Å²) in [5.74, 6) is 2.45. The quantitative estimate of drug-likeness (QED) is 0.173. The van der Waals surface area contributed by atoms with Gasteiger partial charge in [-0.25, -0.2) is 4.39 Å². The number of nitrogens with one attached hydrogen (secondary N) is 2. The summed E-state index contributed by atoms with van der Waals surface area (Å²) in [6.07, 6.45) is 9.06. The molecule has 5 nitrogen and oxygen atoms in total. The van der Waals surface area contributed by atoms with Crippen LogP contribution >= 0.6 is 11.9 Å². The van der Waals surface area contributed by atoms with E-state index in [1.807, 2.05) is 18.9 Å². The number of hydrogen-bond donors (Lipinski definition) is 3. The highest BCUT2D eigenvalue weighted by Gasteiger charge is 2.40. The number of halogens is 1. The van der Waals surface area contributed by atoms with Crippen molar-refractivity contribution < 1.29 is 14.3 Å². The van der Waals surface area contributed by atoms with Gasteiger partial charge in [0.15, 0.2) is 0 Å². The summed E-state index contributed by atoms with van der Waals surface area (Å²) in [6, 6.07) is 5.47. The molecule has 2 aliphatic carbocycles. The Kier molecular flexibility index (Phi) is 9.65. The van der Waals surface area contributed by atoms with Crippen LogP contribution in [0.15, 0.2) is 30.6 Å². The molecular formula is C26H40FN3O2S. The second-order valence-corrected chi connectivity index (χ2v) is 10.8. The van der Waals surface area contributed by atoms with Crippen LogP contribution in [0.4, 0.5) is 4.39 Å². The number of hydrogen-bond acceptors (Lipinski definition) is 6. The Morgan fingerprint density at radius 2 is 2.06 bits per heavy atom. The van der Waals surface area contributed by atoms with Crippen molar-refractivity contribution in [2.75, 3.05) is 25.9 Å². The number of unbranched alkanes of at least 4 members (excludes halogenated alkanes) is 2. The predicted molar refractivity (Wildman–Crippen MR) is 134 cm³/mol. The fourth-order valence-corrected chi connectivity index (χ4v) is 5.45. The van der Waals surface area contributed by atoms with Gasteiger partial charge in [0, 0.05) is 31.8 Å². The highest BCUT2D eigenvalue weighted by Crippen LogP contribution is 2.44. The number of aliphatic hydroxyl groups is 1. The van der Waals surface area contributed by atoms with E-state index in [4.69, 9.17) is 0 Å². The third-order valence-electron chi connectivity index (χ3n) is 6.80. The smallest absolute Gasteiger partial charge is 0.139 e. The first-order valence-electron chi connectivity index (χ1n) is 12.3. The maximum Gasteiger partial charge on any atom is 0.139 e. The molecule has 0 aromatic heterocycles. The van der Waals surface area contributed by atoms with E-state index >= 15 is 0 Å². The minimum atomic E-state index is -0.747. The lowest BCUT2D eigenvalue weighted by Gasteiger charge is -2.25. The van der Waals surface area contributed by atoms with Crippen molar-refractivity contribution in [3.63, 3.8) is 0 Å². The Hall–Kier alpha value is -1.57. The van der Waals surface area contributed by atoms with Crippen molar-refractivity contribution >= 4 is 18.2 Å². The van der Waals surface area contributed by atoms with Crippen LogP contribution in [0.1, 0.15) is 69.0 Å². The van der Waals surface area contributed by atoms with Crippen LogP contribution in [0.5, 0.6) is 0 Å². The van der Waals surface area contributed by atoms with Gasteiger partial charge in [-0.3, -0.25) is 4.72 Å². The molecule has 2 fully saturated rings. The lowest BCUT2D eigenvalue weighted by molar-refractivity contribution is -0.108. The molecule has 0 bridgehead atoms. The molecular weight excluding hydrogens is 437 g/mol. The molecule has 0 radical (unpaired) electrons. The zero-order chi connectivity index (χ0) is 23.8. The molecule has 0 aliphatic heterocycles. The molecule has 0 saturated heterocycles. The summed E-state index contributed by atoms with van der Waals surface area (Å²) in [6.45, 7) is 7.00. The van der Waals surface area contributed by atoms with Gasteiger partial charge in [0.1, 0.15) is 12.1 Å². The van der Waals surface area contributed by atoms with Gasteiger partial charge in [-0.1, -0.05) is 31.0 Å². The maximum absolute atomic E-state index is 14.4. The van der Waals surface area contributed by atoms with Crippen LogP contribution < -0.4 is 10.0 Å². The average molecular weight is 478 g/mol. The number of carbonyl (C=O) groups excluding carboxylic acids is 1. The van der Waals surface area contributed by atoms with Crippen LogP contribution in [0.25, 0.3) is 0 Å². The lowest BCUT2D eigenvalue weighted by Crippen LogP contribution is -2.31. The molecule has 7 heteroatoms. The van der Waals surface area contributed by atoms with E-state index in [1.165, 1.54) is 12.8 Å². The summed E-state index contributed by atoms with van der Waals surface area (Å²) in [5, 5.41) is 13.7. The molecule has 3 rings (SSSR count). The summed E-state index contributed by atoms with van der Waals surface area (Å²) < 4.78 is 18.0. The van der Waals surface area contributed by atoms with Crippen molar-refractivity contribution in [1.29, 1.82) is 0 Å². The third-order valence-corrected chi connectivity index (χ3v) is 7.71. The largest absolute Gasteiger partial charge is 0.390 e. The lowest BCUT2D eigenvalue weighted by atomic mass is 9.90. The fourth-order valence-electron chi connectivity index (χ4n) is 4.47. The molecule has 2 aliphatic rings. The second kappa shape index (κ2) is 12.2. The highest BCUT2D eigenvalue weighted by atomic mass is 32.2. The predicted octanol–water partition coefficient (Wildman–Crippen LogP) is 4.58. The van der Waals surface area contributed by atoms with Crippen LogP contribution in [-0.2, 0) is 11.2 Å². The molecule has 1 aromatic carbocycles. The Morgan fingerprint density at radius 3 is 2.70 bits per heavy atom. The SMILES string of the molecule is C=C(NC)N(CC=O)CCCCCSNC(c1cc(F)cc(CC(C)(O)C2CC2)c1)C1CC1. The monoisotopic (exact) mass is 477 g/mol. The second-order valence-electron chi connectivity index (χ2n) is 9.85. The fraction of sp³-hybridized carbons (Fsp3) is 0.654. The zero-order valence-corrected chi connectivity index (χ0v) is 20.9. The van der Waals surface area contributed by atoms with Crippen molar-refractivity contribution in [2.24, 2.45) is 11.8 Å². The first-order valence-corrected chi connectivity index (χ1v) is 13.3. The van der Waals surface area contributed by atoms with Crippen molar-refractivity contribution in [2.45, 2.75) is 69.9 Å². The minimum absolute atomic E-state index is 0.150. The van der Waals surface area contributed by atoms with Crippen molar-refractivity contribution in [1.82, 2.24) is 14.9 Å². The summed E-state index contributed by atoms with van der Waals surface area (Å²) >= 11 is 1.72. The number of carbonyl (C=O) groups is 1. The third kappa shape index (κ3) is 8.30. The molecule has 184 valence electrons. The number of nitrogens with zero attached hydrogens (tertiary/aromatic N) is 1. The summed E-state index contributed by atoms with van der Waals surface area (Å²) in [7, 11) is 1.82. The van der Waals surface area contributed by atoms with Crippen LogP contribution in [0.2, 0.25) is 0 Å². The standard InChI is InChI=1S/C26H40FN3O2S/c1-19(28-3)30(12-13-31)11-5-4-6-14-33-29-25(21-7-8-21)22-15-20(16-24(27)17-22)18-26(2,32)23-9-10-23/h13,15-17,21,23,25,28-29,32H,1,4-12,14,18H2,2-3H3.